The number of urea groups is 1. The van der Waals surface area contributed by atoms with Gasteiger partial charge in [0.25, 0.3) is 0 Å². The monoisotopic (exact) mass is 274 g/mol. The number of carbonyl (C=O) groups is 1. The van der Waals surface area contributed by atoms with E-state index in [1.165, 1.54) is 11.1 Å². The van der Waals surface area contributed by atoms with Crippen LogP contribution in [0.5, 0.6) is 0 Å². The molecule has 1 aliphatic heterocycles. The van der Waals surface area contributed by atoms with Gasteiger partial charge in [-0.2, -0.15) is 0 Å². The average molecular weight is 274 g/mol. The lowest BCUT2D eigenvalue weighted by atomic mass is 9.99. The number of nitrogens with zero attached hydrogens (tertiary/aromatic N) is 1. The number of likely N-dealkylation sites (tertiary alicyclic amines) is 1. The molecule has 1 aromatic rings. The second-order valence-electron chi connectivity index (χ2n) is 6.12. The average Bonchev–Trinajstić information content (AvgIpc) is 2.87. The Morgan fingerprint density at radius 1 is 1.40 bits per heavy atom. The van der Waals surface area contributed by atoms with Crippen molar-refractivity contribution < 1.29 is 4.79 Å². The van der Waals surface area contributed by atoms with Gasteiger partial charge in [0.15, 0.2) is 0 Å². The van der Waals surface area contributed by atoms with E-state index in [0.29, 0.717) is 5.92 Å². The largest absolute Gasteiger partial charge is 0.338 e. The van der Waals surface area contributed by atoms with Crippen LogP contribution in [0.1, 0.15) is 50.3 Å². The van der Waals surface area contributed by atoms with E-state index < -0.39 is 0 Å². The topological polar surface area (TPSA) is 32.3 Å². The lowest BCUT2D eigenvalue weighted by Crippen LogP contribution is -2.40. The summed E-state index contributed by atoms with van der Waals surface area (Å²) in [4.78, 5) is 14.3. The maximum Gasteiger partial charge on any atom is 0.317 e. The molecular weight excluding hydrogens is 248 g/mol. The van der Waals surface area contributed by atoms with E-state index in [0.717, 1.165) is 32.4 Å². The van der Waals surface area contributed by atoms with Crippen LogP contribution in [-0.4, -0.2) is 24.0 Å². The highest BCUT2D eigenvalue weighted by Crippen LogP contribution is 2.33. The number of amides is 2. The molecule has 2 amide bonds. The van der Waals surface area contributed by atoms with Gasteiger partial charge in [0.2, 0.25) is 0 Å². The Balaban J connectivity index is 2.00. The Morgan fingerprint density at radius 3 is 2.85 bits per heavy atom. The van der Waals surface area contributed by atoms with Crippen molar-refractivity contribution >= 4 is 6.03 Å². The summed E-state index contributed by atoms with van der Waals surface area (Å²) in [6.07, 6.45) is 3.20. The Kier molecular flexibility index (Phi) is 5.05. The van der Waals surface area contributed by atoms with E-state index in [4.69, 9.17) is 0 Å². The van der Waals surface area contributed by atoms with Gasteiger partial charge in [0, 0.05) is 13.1 Å². The van der Waals surface area contributed by atoms with Crippen LogP contribution < -0.4 is 5.32 Å². The Labute approximate surface area is 122 Å². The van der Waals surface area contributed by atoms with Crippen molar-refractivity contribution in [3.8, 4) is 0 Å². The summed E-state index contributed by atoms with van der Waals surface area (Å²) in [6.45, 7) is 8.12. The molecule has 1 saturated heterocycles. The minimum atomic E-state index is 0.0939. The van der Waals surface area contributed by atoms with Crippen molar-refractivity contribution in [3.63, 3.8) is 0 Å². The van der Waals surface area contributed by atoms with Crippen LogP contribution in [0.2, 0.25) is 0 Å². The molecule has 110 valence electrons. The third kappa shape index (κ3) is 3.53. The van der Waals surface area contributed by atoms with Crippen LogP contribution >= 0.6 is 0 Å². The highest BCUT2D eigenvalue weighted by atomic mass is 16.2. The molecule has 0 bridgehead atoms. The van der Waals surface area contributed by atoms with E-state index in [1.54, 1.807) is 0 Å². The summed E-state index contributed by atoms with van der Waals surface area (Å²) >= 11 is 0. The molecule has 1 heterocycles. The number of aryl methyl sites for hydroxylation is 1. The van der Waals surface area contributed by atoms with Crippen molar-refractivity contribution in [3.05, 3.63) is 35.4 Å². The second-order valence-corrected chi connectivity index (χ2v) is 6.12. The molecule has 3 heteroatoms. The van der Waals surface area contributed by atoms with Crippen LogP contribution in [0.25, 0.3) is 0 Å². The van der Waals surface area contributed by atoms with Gasteiger partial charge in [-0.05, 0) is 43.2 Å². The molecule has 0 saturated carbocycles. The number of rotatable bonds is 4. The molecule has 20 heavy (non-hydrogen) atoms. The quantitative estimate of drug-likeness (QED) is 0.887. The number of benzene rings is 1. The molecule has 1 fully saturated rings. The van der Waals surface area contributed by atoms with Crippen LogP contribution in [-0.2, 0) is 0 Å². The van der Waals surface area contributed by atoms with Crippen molar-refractivity contribution in [2.45, 2.75) is 46.1 Å². The van der Waals surface area contributed by atoms with E-state index in [1.807, 2.05) is 4.90 Å². The molecule has 2 rings (SSSR count). The molecule has 0 aliphatic carbocycles. The first-order valence-corrected chi connectivity index (χ1v) is 7.69. The summed E-state index contributed by atoms with van der Waals surface area (Å²) < 4.78 is 0. The van der Waals surface area contributed by atoms with Crippen molar-refractivity contribution in [2.24, 2.45) is 5.92 Å². The van der Waals surface area contributed by atoms with E-state index >= 15 is 0 Å². The molecule has 3 nitrogen and oxygen atoms in total. The molecule has 0 spiro atoms. The standard InChI is InChI=1S/C17H26N2O/c1-13(2)10-11-18-17(20)19-12-6-9-16(19)15-8-5-4-7-14(15)3/h4-5,7-8,13,16H,6,9-12H2,1-3H3,(H,18,20)/t16-/m1/s1. The summed E-state index contributed by atoms with van der Waals surface area (Å²) in [5, 5.41) is 3.06. The molecule has 1 aliphatic rings. The van der Waals surface area contributed by atoms with Crippen LogP contribution in [0.3, 0.4) is 0 Å². The Morgan fingerprint density at radius 2 is 2.15 bits per heavy atom. The van der Waals surface area contributed by atoms with Gasteiger partial charge >= 0.3 is 6.03 Å². The van der Waals surface area contributed by atoms with Crippen molar-refractivity contribution in [1.29, 1.82) is 0 Å². The molecule has 1 aromatic carbocycles. The predicted octanol–water partition coefficient (Wildman–Crippen LogP) is 3.89. The molecule has 1 N–H and O–H groups in total. The fourth-order valence-electron chi connectivity index (χ4n) is 2.86. The van der Waals surface area contributed by atoms with Gasteiger partial charge in [-0.15, -0.1) is 0 Å². The van der Waals surface area contributed by atoms with Gasteiger partial charge in [0.1, 0.15) is 0 Å². The maximum absolute atomic E-state index is 12.3. The molecule has 0 unspecified atom stereocenters. The van der Waals surface area contributed by atoms with Gasteiger partial charge < -0.3 is 10.2 Å². The molecule has 0 aromatic heterocycles. The van der Waals surface area contributed by atoms with E-state index in [2.05, 4.69) is 50.4 Å². The highest BCUT2D eigenvalue weighted by molar-refractivity contribution is 5.75. The number of carbonyl (C=O) groups excluding carboxylic acids is 1. The second kappa shape index (κ2) is 6.78. The zero-order valence-corrected chi connectivity index (χ0v) is 12.9. The summed E-state index contributed by atoms with van der Waals surface area (Å²) in [5.41, 5.74) is 2.57. The Hall–Kier alpha value is -1.51. The number of nitrogens with one attached hydrogen (secondary N) is 1. The van der Waals surface area contributed by atoms with Crippen LogP contribution in [0.15, 0.2) is 24.3 Å². The Bertz CT molecular complexity index is 456. The van der Waals surface area contributed by atoms with E-state index in [-0.39, 0.29) is 12.1 Å². The third-order valence-electron chi connectivity index (χ3n) is 4.06. The summed E-state index contributed by atoms with van der Waals surface area (Å²) in [6, 6.07) is 8.74. The van der Waals surface area contributed by atoms with Gasteiger partial charge in [-0.1, -0.05) is 38.1 Å². The first-order chi connectivity index (χ1) is 9.59. The van der Waals surface area contributed by atoms with Gasteiger partial charge in [-0.25, -0.2) is 4.79 Å². The van der Waals surface area contributed by atoms with Crippen molar-refractivity contribution in [1.82, 2.24) is 10.2 Å². The fraction of sp³-hybridized carbons (Fsp3) is 0.588. The van der Waals surface area contributed by atoms with Crippen LogP contribution in [0, 0.1) is 12.8 Å². The lowest BCUT2D eigenvalue weighted by molar-refractivity contribution is 0.192. The minimum absolute atomic E-state index is 0.0939. The zero-order chi connectivity index (χ0) is 14.5. The predicted molar refractivity (Wildman–Crippen MR) is 82.7 cm³/mol. The molecule has 1 atom stereocenters. The van der Waals surface area contributed by atoms with Crippen molar-refractivity contribution in [2.75, 3.05) is 13.1 Å². The first-order valence-electron chi connectivity index (χ1n) is 7.69. The number of hydrogen-bond acceptors (Lipinski definition) is 1. The SMILES string of the molecule is Cc1ccccc1[C@H]1CCCN1C(=O)NCCC(C)C. The summed E-state index contributed by atoms with van der Waals surface area (Å²) in [5.74, 6) is 0.626. The highest BCUT2D eigenvalue weighted by Gasteiger charge is 2.30. The maximum atomic E-state index is 12.3. The summed E-state index contributed by atoms with van der Waals surface area (Å²) in [7, 11) is 0. The fourth-order valence-corrected chi connectivity index (χ4v) is 2.86. The number of hydrogen-bond donors (Lipinski definition) is 1. The first kappa shape index (κ1) is 14.9. The van der Waals surface area contributed by atoms with Crippen LogP contribution in [0.4, 0.5) is 4.79 Å². The third-order valence-corrected chi connectivity index (χ3v) is 4.06. The normalized spacial score (nSPS) is 18.6. The van der Waals surface area contributed by atoms with Gasteiger partial charge in [0.05, 0.1) is 6.04 Å². The smallest absolute Gasteiger partial charge is 0.317 e. The minimum Gasteiger partial charge on any atom is -0.338 e. The van der Waals surface area contributed by atoms with E-state index in [9.17, 15) is 4.79 Å². The molecule has 0 radical (unpaired) electrons. The molecular formula is C17H26N2O. The zero-order valence-electron chi connectivity index (χ0n) is 12.9. The van der Waals surface area contributed by atoms with Gasteiger partial charge in [-0.3, -0.25) is 0 Å². The lowest BCUT2D eigenvalue weighted by Gasteiger charge is -2.26.